The summed E-state index contributed by atoms with van der Waals surface area (Å²) >= 11 is 6.02. The number of nitrogens with one attached hydrogen (secondary N) is 1. The number of hydrogen-bond donors (Lipinski definition) is 2. The van der Waals surface area contributed by atoms with Gasteiger partial charge in [0, 0.05) is 37.1 Å². The number of nitrogens with zero attached hydrogens (tertiary/aromatic N) is 3. The van der Waals surface area contributed by atoms with Crippen molar-refractivity contribution in [3.05, 3.63) is 47.0 Å². The third-order valence-electron chi connectivity index (χ3n) is 2.77. The van der Waals surface area contributed by atoms with Crippen molar-refractivity contribution in [3.63, 3.8) is 0 Å². The van der Waals surface area contributed by atoms with E-state index < -0.39 is 6.10 Å². The molecule has 0 saturated carbocycles. The van der Waals surface area contributed by atoms with Crippen LogP contribution in [0.5, 0.6) is 0 Å². The van der Waals surface area contributed by atoms with E-state index in [1.807, 2.05) is 25.2 Å². The monoisotopic (exact) mass is 280 g/mol. The molecule has 0 fully saturated rings. The molecule has 0 aliphatic carbocycles. The predicted octanol–water partition coefficient (Wildman–Crippen LogP) is 1.33. The van der Waals surface area contributed by atoms with E-state index in [9.17, 15) is 5.11 Å². The SMILES string of the molecule is Cn1cnc(CCNCC(O)c2ccccc2Cl)n1. The fourth-order valence-corrected chi connectivity index (χ4v) is 2.05. The first-order valence-electron chi connectivity index (χ1n) is 6.14. The molecule has 0 radical (unpaired) electrons. The molecule has 1 aromatic carbocycles. The van der Waals surface area contributed by atoms with Crippen molar-refractivity contribution < 1.29 is 5.11 Å². The molecule has 1 aromatic heterocycles. The molecule has 0 aliphatic heterocycles. The van der Waals surface area contributed by atoms with E-state index in [0.29, 0.717) is 18.1 Å². The third kappa shape index (κ3) is 4.02. The van der Waals surface area contributed by atoms with E-state index in [1.165, 1.54) is 0 Å². The highest BCUT2D eigenvalue weighted by Crippen LogP contribution is 2.21. The molecule has 2 rings (SSSR count). The Morgan fingerprint density at radius 1 is 1.42 bits per heavy atom. The van der Waals surface area contributed by atoms with Crippen LogP contribution in [0.25, 0.3) is 0 Å². The molecule has 2 N–H and O–H groups in total. The first-order valence-corrected chi connectivity index (χ1v) is 6.52. The van der Waals surface area contributed by atoms with E-state index in [0.717, 1.165) is 17.8 Å². The normalized spacial score (nSPS) is 12.6. The molecule has 102 valence electrons. The van der Waals surface area contributed by atoms with Gasteiger partial charge >= 0.3 is 0 Å². The van der Waals surface area contributed by atoms with E-state index in [-0.39, 0.29) is 0 Å². The van der Waals surface area contributed by atoms with Gasteiger partial charge in [-0.3, -0.25) is 4.68 Å². The van der Waals surface area contributed by atoms with Gasteiger partial charge in [0.25, 0.3) is 0 Å². The molecular weight excluding hydrogens is 264 g/mol. The summed E-state index contributed by atoms with van der Waals surface area (Å²) in [6, 6.07) is 7.31. The summed E-state index contributed by atoms with van der Waals surface area (Å²) in [6.45, 7) is 1.17. The predicted molar refractivity (Wildman–Crippen MR) is 74.0 cm³/mol. The number of hydrogen-bond acceptors (Lipinski definition) is 4. The standard InChI is InChI=1S/C13H17ClN4O/c1-18-9-16-13(17-18)6-7-15-8-12(19)10-4-2-3-5-11(10)14/h2-5,9,12,15,19H,6-8H2,1H3. The molecule has 0 spiro atoms. The minimum absolute atomic E-state index is 0.455. The summed E-state index contributed by atoms with van der Waals surface area (Å²) in [5.41, 5.74) is 0.743. The summed E-state index contributed by atoms with van der Waals surface area (Å²) in [7, 11) is 1.84. The molecule has 1 unspecified atom stereocenters. The largest absolute Gasteiger partial charge is 0.387 e. The van der Waals surface area contributed by atoms with Crippen molar-refractivity contribution in [1.82, 2.24) is 20.1 Å². The average Bonchev–Trinajstić information content (AvgIpc) is 2.81. The Balaban J connectivity index is 1.75. The number of aryl methyl sites for hydroxylation is 1. The van der Waals surface area contributed by atoms with Crippen molar-refractivity contribution in [2.24, 2.45) is 7.05 Å². The number of aliphatic hydroxyl groups excluding tert-OH is 1. The van der Waals surface area contributed by atoms with Crippen LogP contribution in [0, 0.1) is 0 Å². The molecule has 2 aromatic rings. The number of aliphatic hydroxyl groups is 1. The number of rotatable bonds is 6. The fourth-order valence-electron chi connectivity index (χ4n) is 1.79. The Hall–Kier alpha value is -1.43. The Kier molecular flexibility index (Phi) is 4.90. The van der Waals surface area contributed by atoms with E-state index >= 15 is 0 Å². The van der Waals surface area contributed by atoms with Crippen LogP contribution in [-0.4, -0.2) is 33.0 Å². The zero-order chi connectivity index (χ0) is 13.7. The third-order valence-corrected chi connectivity index (χ3v) is 3.12. The van der Waals surface area contributed by atoms with Crippen LogP contribution in [0.3, 0.4) is 0 Å². The molecule has 1 heterocycles. The second-order valence-electron chi connectivity index (χ2n) is 4.33. The van der Waals surface area contributed by atoms with E-state index in [4.69, 9.17) is 11.6 Å². The van der Waals surface area contributed by atoms with Gasteiger partial charge in [0.1, 0.15) is 6.33 Å². The van der Waals surface area contributed by atoms with Gasteiger partial charge in [0.15, 0.2) is 5.82 Å². The lowest BCUT2D eigenvalue weighted by Gasteiger charge is -2.13. The summed E-state index contributed by atoms with van der Waals surface area (Å²) in [5, 5.41) is 18.0. The van der Waals surface area contributed by atoms with Gasteiger partial charge in [-0.2, -0.15) is 5.10 Å². The first kappa shape index (κ1) is 14.0. The maximum atomic E-state index is 10.0. The smallest absolute Gasteiger partial charge is 0.151 e. The molecule has 1 atom stereocenters. The van der Waals surface area contributed by atoms with Crippen molar-refractivity contribution in [1.29, 1.82) is 0 Å². The van der Waals surface area contributed by atoms with Crippen LogP contribution in [-0.2, 0) is 13.5 Å². The minimum atomic E-state index is -0.606. The Labute approximate surface area is 117 Å². The molecule has 0 amide bonds. The van der Waals surface area contributed by atoms with Crippen molar-refractivity contribution in [2.75, 3.05) is 13.1 Å². The summed E-state index contributed by atoms with van der Waals surface area (Å²) in [4.78, 5) is 4.13. The topological polar surface area (TPSA) is 63.0 Å². The molecule has 6 heteroatoms. The van der Waals surface area contributed by atoms with E-state index in [1.54, 1.807) is 17.1 Å². The number of aromatic nitrogens is 3. The van der Waals surface area contributed by atoms with Crippen LogP contribution in [0.15, 0.2) is 30.6 Å². The first-order chi connectivity index (χ1) is 9.16. The maximum absolute atomic E-state index is 10.0. The van der Waals surface area contributed by atoms with Gasteiger partial charge in [-0.15, -0.1) is 0 Å². The van der Waals surface area contributed by atoms with Crippen molar-refractivity contribution in [2.45, 2.75) is 12.5 Å². The lowest BCUT2D eigenvalue weighted by Crippen LogP contribution is -2.24. The second-order valence-corrected chi connectivity index (χ2v) is 4.73. The molecule has 5 nitrogen and oxygen atoms in total. The van der Waals surface area contributed by atoms with E-state index in [2.05, 4.69) is 15.4 Å². The van der Waals surface area contributed by atoms with Gasteiger partial charge in [-0.25, -0.2) is 4.98 Å². The zero-order valence-corrected chi connectivity index (χ0v) is 11.5. The molecular formula is C13H17ClN4O. The Morgan fingerprint density at radius 2 is 2.21 bits per heavy atom. The van der Waals surface area contributed by atoms with Crippen LogP contribution in [0.2, 0.25) is 5.02 Å². The summed E-state index contributed by atoms with van der Waals surface area (Å²) in [6.07, 6.45) is 1.80. The van der Waals surface area contributed by atoms with Crippen LogP contribution in [0.4, 0.5) is 0 Å². The Bertz CT molecular complexity index is 529. The lowest BCUT2D eigenvalue weighted by atomic mass is 10.1. The van der Waals surface area contributed by atoms with Gasteiger partial charge < -0.3 is 10.4 Å². The van der Waals surface area contributed by atoms with Crippen LogP contribution in [0.1, 0.15) is 17.5 Å². The van der Waals surface area contributed by atoms with Gasteiger partial charge in [-0.1, -0.05) is 29.8 Å². The quantitative estimate of drug-likeness (QED) is 0.784. The number of halogens is 1. The second kappa shape index (κ2) is 6.65. The fraction of sp³-hybridized carbons (Fsp3) is 0.385. The minimum Gasteiger partial charge on any atom is -0.387 e. The highest BCUT2D eigenvalue weighted by atomic mass is 35.5. The van der Waals surface area contributed by atoms with Gasteiger partial charge in [0.2, 0.25) is 0 Å². The number of benzene rings is 1. The van der Waals surface area contributed by atoms with Gasteiger partial charge in [0.05, 0.1) is 6.10 Å². The van der Waals surface area contributed by atoms with Crippen LogP contribution >= 0.6 is 11.6 Å². The van der Waals surface area contributed by atoms with Crippen LogP contribution < -0.4 is 5.32 Å². The maximum Gasteiger partial charge on any atom is 0.151 e. The lowest BCUT2D eigenvalue weighted by molar-refractivity contribution is 0.175. The average molecular weight is 281 g/mol. The molecule has 0 bridgehead atoms. The highest BCUT2D eigenvalue weighted by Gasteiger charge is 2.10. The summed E-state index contributed by atoms with van der Waals surface area (Å²) in [5.74, 6) is 0.794. The highest BCUT2D eigenvalue weighted by molar-refractivity contribution is 6.31. The van der Waals surface area contributed by atoms with Gasteiger partial charge in [-0.05, 0) is 6.07 Å². The molecule has 0 aliphatic rings. The van der Waals surface area contributed by atoms with Crippen molar-refractivity contribution >= 4 is 11.6 Å². The molecule has 19 heavy (non-hydrogen) atoms. The zero-order valence-electron chi connectivity index (χ0n) is 10.8. The molecule has 0 saturated heterocycles. The van der Waals surface area contributed by atoms with Crippen molar-refractivity contribution in [3.8, 4) is 0 Å². The Morgan fingerprint density at radius 3 is 2.89 bits per heavy atom. The summed E-state index contributed by atoms with van der Waals surface area (Å²) < 4.78 is 1.67.